The van der Waals surface area contributed by atoms with Crippen LogP contribution in [0.4, 0.5) is 4.39 Å². The number of fused-ring (bicyclic) bond motifs is 2. The Morgan fingerprint density at radius 3 is 2.64 bits per heavy atom. The molecule has 39 heavy (non-hydrogen) atoms. The molecule has 3 aromatic carbocycles. The van der Waals surface area contributed by atoms with Crippen LogP contribution in [0, 0.1) is 24.1 Å². The van der Waals surface area contributed by atoms with Crippen molar-refractivity contribution in [3.05, 3.63) is 77.4 Å². The lowest BCUT2D eigenvalue weighted by molar-refractivity contribution is 0.181. The molecule has 0 radical (unpaired) electrons. The van der Waals surface area contributed by atoms with Crippen molar-refractivity contribution in [3.8, 4) is 22.4 Å². The maximum Gasteiger partial charge on any atom is 0.240 e. The summed E-state index contributed by atoms with van der Waals surface area (Å²) >= 11 is 1.40. The van der Waals surface area contributed by atoms with Crippen LogP contribution in [0.2, 0.25) is 0 Å². The lowest BCUT2D eigenvalue weighted by Gasteiger charge is -2.09. The van der Waals surface area contributed by atoms with Crippen LogP contribution >= 0.6 is 11.3 Å². The number of aromatic nitrogens is 3. The molecular weight excluding hydrogens is 541 g/mol. The van der Waals surface area contributed by atoms with Crippen molar-refractivity contribution in [2.45, 2.75) is 18.4 Å². The van der Waals surface area contributed by atoms with Gasteiger partial charge in [-0.25, -0.2) is 27.5 Å². The maximum atomic E-state index is 13.1. The third kappa shape index (κ3) is 5.71. The molecule has 2 heterocycles. The van der Waals surface area contributed by atoms with E-state index in [1.54, 1.807) is 25.4 Å². The summed E-state index contributed by atoms with van der Waals surface area (Å²) in [4.78, 5) is 13.9. The van der Waals surface area contributed by atoms with Gasteiger partial charge in [-0.3, -0.25) is 4.98 Å². The molecule has 9 nitrogen and oxygen atoms in total. The van der Waals surface area contributed by atoms with Gasteiger partial charge in [-0.05, 0) is 55.0 Å². The average Bonchev–Trinajstić information content (AvgIpc) is 3.34. The first-order valence-corrected chi connectivity index (χ1v) is 14.1. The number of aryl methyl sites for hydroxylation is 1. The molecule has 198 valence electrons. The summed E-state index contributed by atoms with van der Waals surface area (Å²) in [5.41, 5.74) is 4.83. The fourth-order valence-corrected chi connectivity index (χ4v) is 6.06. The summed E-state index contributed by atoms with van der Waals surface area (Å²) in [5.74, 6) is -0.111. The second-order valence-electron chi connectivity index (χ2n) is 8.62. The lowest BCUT2D eigenvalue weighted by Crippen LogP contribution is -2.28. The van der Waals surface area contributed by atoms with Gasteiger partial charge in [0.05, 0.1) is 50.2 Å². The minimum Gasteiger partial charge on any atom is -0.492 e. The fraction of sp³-hybridized carbons (Fsp3) is 0.185. The normalized spacial score (nSPS) is 11.6. The Kier molecular flexibility index (Phi) is 7.49. The minimum atomic E-state index is -3.81. The van der Waals surface area contributed by atoms with E-state index in [1.807, 2.05) is 19.1 Å². The minimum absolute atomic E-state index is 0.0182. The van der Waals surface area contributed by atoms with Crippen LogP contribution in [-0.2, 0) is 21.4 Å². The van der Waals surface area contributed by atoms with Gasteiger partial charge in [-0.2, -0.15) is 5.26 Å². The largest absolute Gasteiger partial charge is 0.492 e. The molecule has 0 aliphatic carbocycles. The number of methoxy groups -OCH3 is 1. The van der Waals surface area contributed by atoms with Gasteiger partial charge in [0.25, 0.3) is 0 Å². The van der Waals surface area contributed by atoms with E-state index in [0.717, 1.165) is 39.2 Å². The van der Waals surface area contributed by atoms with Gasteiger partial charge in [-0.15, -0.1) is 11.3 Å². The van der Waals surface area contributed by atoms with E-state index in [2.05, 4.69) is 20.8 Å². The number of rotatable bonds is 9. The third-order valence-electron chi connectivity index (χ3n) is 5.74. The summed E-state index contributed by atoms with van der Waals surface area (Å²) < 4.78 is 51.9. The Bertz CT molecular complexity index is 1830. The highest BCUT2D eigenvalue weighted by Crippen LogP contribution is 2.37. The van der Waals surface area contributed by atoms with Crippen LogP contribution in [0.1, 0.15) is 16.8 Å². The molecule has 0 aliphatic rings. The Hall–Kier alpha value is -4.02. The number of nitrogens with zero attached hydrogens (tertiary/aromatic N) is 4. The number of halogens is 1. The van der Waals surface area contributed by atoms with Crippen molar-refractivity contribution in [3.63, 3.8) is 0 Å². The van der Waals surface area contributed by atoms with Crippen molar-refractivity contribution >= 4 is 42.6 Å². The molecule has 0 aliphatic heterocycles. The number of hydrogen-bond acceptors (Lipinski definition) is 9. The molecule has 12 heteroatoms. The van der Waals surface area contributed by atoms with Gasteiger partial charge in [0.15, 0.2) is 0 Å². The van der Waals surface area contributed by atoms with Crippen LogP contribution in [0.15, 0.2) is 59.6 Å². The molecule has 5 aromatic rings. The molecule has 0 atom stereocenters. The standard InChI is InChI=1S/C27H22FN5O4S2/c1-16-9-22(26-23(10-16)32-19(14-30-26)15-36-2)27-33-25-17(13-29)11-20(12-24(25)38-27)37-8-7-31-39(34,35)21-5-3-18(28)4-6-21/h3-6,9-12,14,31H,7-8,15H2,1-2H3. The van der Waals surface area contributed by atoms with Gasteiger partial charge < -0.3 is 9.47 Å². The number of ether oxygens (including phenoxy) is 2. The smallest absolute Gasteiger partial charge is 0.240 e. The molecule has 0 amide bonds. The highest BCUT2D eigenvalue weighted by Gasteiger charge is 2.17. The Labute approximate surface area is 227 Å². The van der Waals surface area contributed by atoms with Crippen LogP contribution < -0.4 is 9.46 Å². The van der Waals surface area contributed by atoms with Gasteiger partial charge >= 0.3 is 0 Å². The van der Waals surface area contributed by atoms with E-state index < -0.39 is 15.8 Å². The van der Waals surface area contributed by atoms with Crippen molar-refractivity contribution in [2.24, 2.45) is 0 Å². The number of hydrogen-bond donors (Lipinski definition) is 1. The van der Waals surface area contributed by atoms with Crippen molar-refractivity contribution < 1.29 is 22.3 Å². The molecule has 0 unspecified atom stereocenters. The number of nitrogens with one attached hydrogen (secondary N) is 1. The predicted octanol–water partition coefficient (Wildman–Crippen LogP) is 4.73. The number of thiazole rings is 1. The molecule has 0 saturated carbocycles. The highest BCUT2D eigenvalue weighted by molar-refractivity contribution is 7.89. The fourth-order valence-electron chi connectivity index (χ4n) is 4.01. The van der Waals surface area contributed by atoms with E-state index in [-0.39, 0.29) is 18.0 Å². The first-order valence-electron chi connectivity index (χ1n) is 11.8. The second-order valence-corrected chi connectivity index (χ2v) is 11.4. The van der Waals surface area contributed by atoms with Crippen LogP contribution in [0.25, 0.3) is 31.8 Å². The monoisotopic (exact) mass is 563 g/mol. The van der Waals surface area contributed by atoms with Gasteiger partial charge in [0, 0.05) is 25.3 Å². The summed E-state index contributed by atoms with van der Waals surface area (Å²) in [5, 5.41) is 10.5. The zero-order valence-electron chi connectivity index (χ0n) is 20.9. The van der Waals surface area contributed by atoms with Crippen molar-refractivity contribution in [1.82, 2.24) is 19.7 Å². The molecule has 0 bridgehead atoms. The van der Waals surface area contributed by atoms with Gasteiger partial charge in [0.1, 0.15) is 29.3 Å². The molecule has 5 rings (SSSR count). The Balaban J connectivity index is 1.38. The second kappa shape index (κ2) is 11.0. The zero-order chi connectivity index (χ0) is 27.6. The van der Waals surface area contributed by atoms with E-state index in [4.69, 9.17) is 14.5 Å². The molecule has 0 spiro atoms. The lowest BCUT2D eigenvalue weighted by atomic mass is 10.1. The van der Waals surface area contributed by atoms with Gasteiger partial charge in [0.2, 0.25) is 10.0 Å². The van der Waals surface area contributed by atoms with Crippen molar-refractivity contribution in [1.29, 1.82) is 5.26 Å². The zero-order valence-corrected chi connectivity index (χ0v) is 22.6. The van der Waals surface area contributed by atoms with Crippen LogP contribution in [0.5, 0.6) is 5.75 Å². The number of benzene rings is 3. The highest BCUT2D eigenvalue weighted by atomic mass is 32.2. The number of sulfonamides is 1. The van der Waals surface area contributed by atoms with E-state index in [0.29, 0.717) is 34.0 Å². The Morgan fingerprint density at radius 1 is 1.10 bits per heavy atom. The molecule has 0 fully saturated rings. The SMILES string of the molecule is COCc1cnc2c(-c3nc4c(C#N)cc(OCCNS(=O)(=O)c5ccc(F)cc5)cc4s3)cc(C)cc2n1. The molecule has 1 N–H and O–H groups in total. The first kappa shape index (κ1) is 26.6. The first-order chi connectivity index (χ1) is 18.8. The van der Waals surface area contributed by atoms with Crippen LogP contribution in [-0.4, -0.2) is 43.6 Å². The quantitative estimate of drug-likeness (QED) is 0.255. The summed E-state index contributed by atoms with van der Waals surface area (Å²) in [6.45, 7) is 2.32. The summed E-state index contributed by atoms with van der Waals surface area (Å²) in [6, 6.07) is 14.0. The van der Waals surface area contributed by atoms with E-state index in [1.165, 1.54) is 23.5 Å². The van der Waals surface area contributed by atoms with E-state index >= 15 is 0 Å². The number of nitriles is 1. The molecule has 0 saturated heterocycles. The predicted molar refractivity (Wildman–Crippen MR) is 145 cm³/mol. The maximum absolute atomic E-state index is 13.1. The summed E-state index contributed by atoms with van der Waals surface area (Å²) in [6.07, 6.45) is 1.68. The van der Waals surface area contributed by atoms with Gasteiger partial charge in [-0.1, -0.05) is 0 Å². The molecule has 2 aromatic heterocycles. The average molecular weight is 564 g/mol. The van der Waals surface area contributed by atoms with Crippen LogP contribution in [0.3, 0.4) is 0 Å². The third-order valence-corrected chi connectivity index (χ3v) is 8.25. The summed E-state index contributed by atoms with van der Waals surface area (Å²) in [7, 11) is -2.21. The molecular formula is C27H22FN5O4S2. The van der Waals surface area contributed by atoms with Crippen molar-refractivity contribution in [2.75, 3.05) is 20.3 Å². The van der Waals surface area contributed by atoms with E-state index in [9.17, 15) is 18.1 Å². The topological polar surface area (TPSA) is 127 Å². The Morgan fingerprint density at radius 2 is 1.90 bits per heavy atom.